The van der Waals surface area contributed by atoms with Crippen LogP contribution in [0.5, 0.6) is 0 Å². The molecule has 0 saturated carbocycles. The molecule has 0 aliphatic carbocycles. The fraction of sp³-hybridized carbons (Fsp3) is 0.214. The summed E-state index contributed by atoms with van der Waals surface area (Å²) in [6.07, 6.45) is 9.86. The van der Waals surface area contributed by atoms with E-state index < -0.39 is 0 Å². The standard InChI is InChI=1S/C25H28N.C17H11N2Se.Ir/c1-17-7-10-22(24-13-18(2)19(3)16-26-24)14-23(17)21-11-8-20(9-12-21)15-25(4,5)6;1-11-6-7-18-9-13(11)15-8-17-14(10-19-15)12-4-2-3-5-16(12)20-17;/h7-9,11-14,16H,15H2,1-6H3;2-8,10H,1H3;/q2*-1;. The van der Waals surface area contributed by atoms with Gasteiger partial charge in [0.1, 0.15) is 0 Å². The van der Waals surface area contributed by atoms with Gasteiger partial charge < -0.3 is 4.98 Å². The molecule has 3 nitrogen and oxygen atoms in total. The Labute approximate surface area is 298 Å². The van der Waals surface area contributed by atoms with Crippen LogP contribution in [0.15, 0.2) is 97.5 Å². The zero-order chi connectivity index (χ0) is 32.4. The number of rotatable bonds is 4. The van der Waals surface area contributed by atoms with E-state index in [1.165, 1.54) is 52.7 Å². The molecule has 7 aromatic rings. The third kappa shape index (κ3) is 8.06. The first-order chi connectivity index (χ1) is 22.1. The van der Waals surface area contributed by atoms with Gasteiger partial charge in [0.15, 0.2) is 0 Å². The smallest absolute Gasteiger partial charge is 0.0192 e. The number of pyridine rings is 3. The first kappa shape index (κ1) is 34.6. The molecule has 0 N–H and O–H groups in total. The Balaban J connectivity index is 0.000000186. The summed E-state index contributed by atoms with van der Waals surface area (Å²) in [6, 6.07) is 31.6. The first-order valence-corrected chi connectivity index (χ1v) is 17.4. The Hall–Kier alpha value is -3.72. The van der Waals surface area contributed by atoms with Crippen LogP contribution in [0.4, 0.5) is 0 Å². The van der Waals surface area contributed by atoms with Gasteiger partial charge >= 0.3 is 122 Å². The summed E-state index contributed by atoms with van der Waals surface area (Å²) in [4.78, 5) is 13.3. The quantitative estimate of drug-likeness (QED) is 0.131. The molecule has 4 heterocycles. The Kier molecular flexibility index (Phi) is 10.7. The van der Waals surface area contributed by atoms with E-state index in [0.29, 0.717) is 19.9 Å². The normalized spacial score (nSPS) is 11.2. The van der Waals surface area contributed by atoms with Gasteiger partial charge in [0.25, 0.3) is 0 Å². The fourth-order valence-electron chi connectivity index (χ4n) is 5.65. The monoisotopic (exact) mass is 858 g/mol. The molecule has 0 aliphatic heterocycles. The molecule has 0 unspecified atom stereocenters. The number of aryl methyl sites for hydroxylation is 4. The van der Waals surface area contributed by atoms with Gasteiger partial charge in [-0.15, -0.1) is 29.3 Å². The number of fused-ring (bicyclic) bond motifs is 3. The second-order valence-electron chi connectivity index (χ2n) is 13.3. The van der Waals surface area contributed by atoms with Gasteiger partial charge in [0, 0.05) is 26.3 Å². The van der Waals surface area contributed by atoms with E-state index in [2.05, 4.69) is 148 Å². The Morgan fingerprint density at radius 3 is 2.17 bits per heavy atom. The molecule has 4 aromatic heterocycles. The molecular weight excluding hydrogens is 818 g/mol. The second kappa shape index (κ2) is 14.6. The van der Waals surface area contributed by atoms with Crippen molar-refractivity contribution in [2.24, 2.45) is 5.41 Å². The largest absolute Gasteiger partial charge is 0.304 e. The summed E-state index contributed by atoms with van der Waals surface area (Å²) in [5.41, 5.74) is 13.1. The number of nitrogens with zero attached hydrogens (tertiary/aromatic N) is 3. The minimum atomic E-state index is 0. The third-order valence-electron chi connectivity index (χ3n) is 8.29. The van der Waals surface area contributed by atoms with Crippen LogP contribution in [0.2, 0.25) is 0 Å². The van der Waals surface area contributed by atoms with Gasteiger partial charge in [0.2, 0.25) is 0 Å². The number of hydrogen-bond acceptors (Lipinski definition) is 3. The number of benzene rings is 3. The molecule has 0 bridgehead atoms. The zero-order valence-electron chi connectivity index (χ0n) is 28.0. The van der Waals surface area contributed by atoms with Crippen molar-refractivity contribution < 1.29 is 20.1 Å². The minimum Gasteiger partial charge on any atom is -0.304 e. The average molecular weight is 857 g/mol. The van der Waals surface area contributed by atoms with E-state index in [1.807, 2.05) is 18.5 Å². The second-order valence-corrected chi connectivity index (χ2v) is 15.6. The van der Waals surface area contributed by atoms with Gasteiger partial charge in [0.05, 0.1) is 0 Å². The van der Waals surface area contributed by atoms with Crippen LogP contribution in [0.3, 0.4) is 0 Å². The number of aromatic nitrogens is 3. The molecular formula is C42H39IrN3Se-2. The molecule has 47 heavy (non-hydrogen) atoms. The van der Waals surface area contributed by atoms with Crippen molar-refractivity contribution in [1.29, 1.82) is 0 Å². The van der Waals surface area contributed by atoms with Crippen LogP contribution < -0.4 is 0 Å². The summed E-state index contributed by atoms with van der Waals surface area (Å²) in [5, 5.41) is 2.62. The van der Waals surface area contributed by atoms with Crippen LogP contribution in [0.25, 0.3) is 52.9 Å². The van der Waals surface area contributed by atoms with Gasteiger partial charge in [-0.3, -0.25) is 0 Å². The van der Waals surface area contributed by atoms with E-state index in [4.69, 9.17) is 0 Å². The van der Waals surface area contributed by atoms with Crippen LogP contribution in [-0.2, 0) is 26.5 Å². The Bertz CT molecular complexity index is 2160. The zero-order valence-corrected chi connectivity index (χ0v) is 32.1. The van der Waals surface area contributed by atoms with E-state index >= 15 is 0 Å². The number of hydrogen-bond donors (Lipinski definition) is 0. The predicted octanol–water partition coefficient (Wildman–Crippen LogP) is 10.3. The van der Waals surface area contributed by atoms with Gasteiger partial charge in [-0.05, 0) is 48.1 Å². The van der Waals surface area contributed by atoms with Crippen molar-refractivity contribution in [3.05, 3.63) is 138 Å². The molecule has 0 fully saturated rings. The van der Waals surface area contributed by atoms with Crippen LogP contribution in [0, 0.1) is 45.4 Å². The van der Waals surface area contributed by atoms with Crippen molar-refractivity contribution in [3.63, 3.8) is 0 Å². The summed E-state index contributed by atoms with van der Waals surface area (Å²) in [5.74, 6) is 0. The molecule has 239 valence electrons. The molecule has 0 atom stereocenters. The topological polar surface area (TPSA) is 38.7 Å². The Morgan fingerprint density at radius 2 is 1.45 bits per heavy atom. The van der Waals surface area contributed by atoms with E-state index in [9.17, 15) is 0 Å². The molecule has 1 radical (unpaired) electrons. The average Bonchev–Trinajstić information content (AvgIpc) is 3.41. The third-order valence-corrected chi connectivity index (χ3v) is 10.7. The Morgan fingerprint density at radius 1 is 0.702 bits per heavy atom. The molecule has 5 heteroatoms. The van der Waals surface area contributed by atoms with Crippen molar-refractivity contribution in [3.8, 4) is 33.6 Å². The van der Waals surface area contributed by atoms with Gasteiger partial charge in [-0.25, -0.2) is 0 Å². The summed E-state index contributed by atoms with van der Waals surface area (Å²) >= 11 is 0.375. The predicted molar refractivity (Wildman–Crippen MR) is 194 cm³/mol. The van der Waals surface area contributed by atoms with E-state index in [-0.39, 0.29) is 20.1 Å². The summed E-state index contributed by atoms with van der Waals surface area (Å²) in [6.45, 7) is 15.3. The van der Waals surface area contributed by atoms with Crippen LogP contribution in [0.1, 0.15) is 48.6 Å². The van der Waals surface area contributed by atoms with Crippen LogP contribution in [-0.4, -0.2) is 29.5 Å². The van der Waals surface area contributed by atoms with Crippen molar-refractivity contribution >= 4 is 33.8 Å². The maximum Gasteiger partial charge on any atom is 0.0192 e. The van der Waals surface area contributed by atoms with Crippen molar-refractivity contribution in [1.82, 2.24) is 15.0 Å². The molecule has 7 rings (SSSR count). The molecule has 0 amide bonds. The fourth-order valence-corrected chi connectivity index (χ4v) is 7.99. The first-order valence-electron chi connectivity index (χ1n) is 15.7. The van der Waals surface area contributed by atoms with E-state index in [0.717, 1.165) is 34.5 Å². The SMILES string of the molecule is Cc1ccn[c-]c1-c1cc2[se]c3ccccc3c2cn1.Cc1cnc(-c2[c-]cc(C)c(-c3ccc(CC(C)(C)C)cc3)c2)cc1C.[Ir]. The van der Waals surface area contributed by atoms with Crippen molar-refractivity contribution in [2.75, 3.05) is 0 Å². The summed E-state index contributed by atoms with van der Waals surface area (Å²) < 4.78 is 2.85. The van der Waals surface area contributed by atoms with Gasteiger partial charge in [-0.1, -0.05) is 69.2 Å². The van der Waals surface area contributed by atoms with Gasteiger partial charge in [-0.2, -0.15) is 0 Å². The van der Waals surface area contributed by atoms with Crippen LogP contribution >= 0.6 is 0 Å². The minimum absolute atomic E-state index is 0. The molecule has 0 spiro atoms. The maximum absolute atomic E-state index is 4.62. The van der Waals surface area contributed by atoms with Crippen molar-refractivity contribution in [2.45, 2.75) is 54.9 Å². The maximum atomic E-state index is 4.62. The van der Waals surface area contributed by atoms with E-state index in [1.54, 1.807) is 6.20 Å². The molecule has 3 aromatic carbocycles. The molecule has 0 saturated heterocycles. The summed E-state index contributed by atoms with van der Waals surface area (Å²) in [7, 11) is 0. The molecule has 0 aliphatic rings.